The van der Waals surface area contributed by atoms with E-state index in [1.165, 1.54) is 11.1 Å². The first-order valence-corrected chi connectivity index (χ1v) is 20.7. The first-order valence-electron chi connectivity index (χ1n) is 17.8. The van der Waals surface area contributed by atoms with E-state index < -0.39 is 31.7 Å². The third-order valence-electron chi connectivity index (χ3n) is 13.6. The molecule has 0 spiro atoms. The summed E-state index contributed by atoms with van der Waals surface area (Å²) >= 11 is 0. The normalized spacial score (nSPS) is 37.8. The molecule has 8 nitrogen and oxygen atoms in total. The number of hydrogen-bond donors (Lipinski definition) is 2. The molecule has 5 aliphatic rings. The Bertz CT molecular complexity index is 1580. The number of Topliss-reactive ketones (excluding diaryl/α,β-unsaturated/α-hetero) is 1. The number of aliphatic hydroxyl groups is 1. The highest BCUT2D eigenvalue weighted by Gasteiger charge is 2.76. The summed E-state index contributed by atoms with van der Waals surface area (Å²) in [7, 11) is -2.18. The largest absolute Gasteiger partial charge is 0.508 e. The molecule has 4 fully saturated rings. The van der Waals surface area contributed by atoms with Crippen LogP contribution in [-0.4, -0.2) is 64.8 Å². The van der Waals surface area contributed by atoms with Crippen molar-refractivity contribution < 1.29 is 28.9 Å². The van der Waals surface area contributed by atoms with E-state index in [0.717, 1.165) is 49.9 Å². The molecule has 1 saturated heterocycles. The van der Waals surface area contributed by atoms with Crippen LogP contribution in [0, 0.1) is 28.6 Å². The molecule has 1 aromatic carbocycles. The number of nitrogens with zero attached hydrogens (tertiary/aromatic N) is 2. The number of phenolic OH excluding ortho intramolecular Hbond substituents is 1. The molecule has 4 aliphatic carbocycles. The van der Waals surface area contributed by atoms with Gasteiger partial charge in [-0.05, 0) is 116 Å². The molecule has 1 unspecified atom stereocenters. The van der Waals surface area contributed by atoms with E-state index in [1.807, 2.05) is 23.0 Å². The van der Waals surface area contributed by atoms with Crippen molar-refractivity contribution in [2.24, 2.45) is 28.6 Å². The number of phenols is 1. The van der Waals surface area contributed by atoms with Gasteiger partial charge in [0.15, 0.2) is 26.0 Å². The van der Waals surface area contributed by atoms with E-state index >= 15 is 0 Å². The number of benzene rings is 1. The molecule has 0 amide bonds. The van der Waals surface area contributed by atoms with Gasteiger partial charge < -0.3 is 24.1 Å². The molecular weight excluding hydrogens is 609 g/mol. The van der Waals surface area contributed by atoms with Crippen molar-refractivity contribution in [3.63, 3.8) is 0 Å². The van der Waals surface area contributed by atoms with E-state index in [9.17, 15) is 15.0 Å². The van der Waals surface area contributed by atoms with Gasteiger partial charge in [-0.3, -0.25) is 4.79 Å². The number of fused-ring (bicyclic) bond motifs is 8. The fraction of sp³-hybridized carbons (Fsp3) is 0.684. The second kappa shape index (κ2) is 11.1. The highest BCUT2D eigenvalue weighted by molar-refractivity contribution is 6.74. The lowest BCUT2D eigenvalue weighted by Crippen LogP contribution is -2.64. The quantitative estimate of drug-likeness (QED) is 0.302. The van der Waals surface area contributed by atoms with E-state index in [-0.39, 0.29) is 52.5 Å². The summed E-state index contributed by atoms with van der Waals surface area (Å²) < 4.78 is 22.0. The van der Waals surface area contributed by atoms with E-state index in [0.29, 0.717) is 6.42 Å². The van der Waals surface area contributed by atoms with Crippen molar-refractivity contribution in [3.8, 4) is 11.4 Å². The first-order chi connectivity index (χ1) is 22.1. The summed E-state index contributed by atoms with van der Waals surface area (Å²) in [5.41, 5.74) is 2.66. The second-order valence-electron chi connectivity index (χ2n) is 17.2. The number of carbonyl (C=O) groups is 1. The van der Waals surface area contributed by atoms with Crippen LogP contribution in [0.5, 0.6) is 5.75 Å². The van der Waals surface area contributed by atoms with Crippen LogP contribution >= 0.6 is 0 Å². The summed E-state index contributed by atoms with van der Waals surface area (Å²) in [6.07, 6.45) is 8.61. The van der Waals surface area contributed by atoms with Crippen LogP contribution in [0.1, 0.15) is 91.3 Å². The monoisotopic (exact) mass is 662 g/mol. The Labute approximate surface area is 281 Å². The number of aliphatic hydroxyl groups excluding tert-OH is 1. The Hall–Kier alpha value is -2.30. The Balaban J connectivity index is 1.21. The van der Waals surface area contributed by atoms with Gasteiger partial charge >= 0.3 is 0 Å². The minimum absolute atomic E-state index is 0.00635. The minimum atomic E-state index is -2.18. The molecule has 9 heteroatoms. The summed E-state index contributed by atoms with van der Waals surface area (Å²) in [6.45, 7) is 17.7. The molecule has 7 rings (SSSR count). The van der Waals surface area contributed by atoms with Crippen molar-refractivity contribution in [1.82, 2.24) is 9.78 Å². The molecule has 2 N–H and O–H groups in total. The number of carbonyl (C=O) groups excluding carboxylic acids is 1. The number of allylic oxidation sites excluding steroid dienone is 1. The smallest absolute Gasteiger partial charge is 0.192 e. The van der Waals surface area contributed by atoms with Gasteiger partial charge in [0.25, 0.3) is 0 Å². The Morgan fingerprint density at radius 1 is 1.19 bits per heavy atom. The molecular formula is C38H54N2O6Si. The Morgan fingerprint density at radius 3 is 2.60 bits per heavy atom. The zero-order valence-corrected chi connectivity index (χ0v) is 30.5. The number of ketones is 1. The zero-order chi connectivity index (χ0) is 33.7. The zero-order valence-electron chi connectivity index (χ0n) is 29.5. The highest BCUT2D eigenvalue weighted by atomic mass is 28.4. The van der Waals surface area contributed by atoms with Crippen molar-refractivity contribution in [2.75, 3.05) is 6.61 Å². The lowest BCUT2D eigenvalue weighted by molar-refractivity contribution is -0.202. The molecule has 0 radical (unpaired) electrons. The van der Waals surface area contributed by atoms with Crippen molar-refractivity contribution in [3.05, 3.63) is 47.3 Å². The fourth-order valence-corrected chi connectivity index (χ4v) is 11.2. The van der Waals surface area contributed by atoms with Gasteiger partial charge in [-0.2, -0.15) is 5.10 Å². The van der Waals surface area contributed by atoms with Gasteiger partial charge in [0.1, 0.15) is 5.75 Å². The third kappa shape index (κ3) is 4.81. The first kappa shape index (κ1) is 33.2. The topological polar surface area (TPSA) is 103 Å². The van der Waals surface area contributed by atoms with Crippen LogP contribution in [0.4, 0.5) is 0 Å². The molecule has 256 valence electrons. The van der Waals surface area contributed by atoms with Crippen molar-refractivity contribution in [1.29, 1.82) is 0 Å². The van der Waals surface area contributed by atoms with Crippen LogP contribution in [0.25, 0.3) is 11.8 Å². The van der Waals surface area contributed by atoms with Gasteiger partial charge in [0.05, 0.1) is 36.4 Å². The minimum Gasteiger partial charge on any atom is -0.508 e. The molecule has 1 aliphatic heterocycles. The van der Waals surface area contributed by atoms with Crippen LogP contribution in [0.15, 0.2) is 36.0 Å². The third-order valence-corrected chi connectivity index (χ3v) is 18.1. The number of hydrogen-bond acceptors (Lipinski definition) is 7. The van der Waals surface area contributed by atoms with Gasteiger partial charge in [-0.15, -0.1) is 0 Å². The predicted octanol–water partition coefficient (Wildman–Crippen LogP) is 7.21. The molecule has 9 atom stereocenters. The molecule has 0 bridgehead atoms. The number of aromatic nitrogens is 2. The summed E-state index contributed by atoms with van der Waals surface area (Å²) in [6, 6.07) is 7.16. The fourth-order valence-electron chi connectivity index (χ4n) is 10.2. The van der Waals surface area contributed by atoms with Gasteiger partial charge in [0, 0.05) is 5.41 Å². The molecule has 2 heterocycles. The average Bonchev–Trinajstić information content (AvgIpc) is 3.64. The van der Waals surface area contributed by atoms with Gasteiger partial charge in [0.2, 0.25) is 0 Å². The maximum atomic E-state index is 14.6. The lowest BCUT2D eigenvalue weighted by atomic mass is 9.45. The van der Waals surface area contributed by atoms with Crippen LogP contribution < -0.4 is 0 Å². The predicted molar refractivity (Wildman–Crippen MR) is 184 cm³/mol. The van der Waals surface area contributed by atoms with E-state index in [4.69, 9.17) is 19.0 Å². The highest BCUT2D eigenvalue weighted by Crippen LogP contribution is 2.70. The average molecular weight is 663 g/mol. The Kier molecular flexibility index (Phi) is 7.85. The lowest BCUT2D eigenvalue weighted by Gasteiger charge is -2.60. The molecule has 3 saturated carbocycles. The van der Waals surface area contributed by atoms with Crippen molar-refractivity contribution in [2.45, 2.75) is 129 Å². The van der Waals surface area contributed by atoms with Gasteiger partial charge in [-0.25, -0.2) is 4.68 Å². The van der Waals surface area contributed by atoms with E-state index in [2.05, 4.69) is 60.7 Å². The Morgan fingerprint density at radius 2 is 1.91 bits per heavy atom. The number of rotatable bonds is 7. The molecule has 2 aromatic rings. The van der Waals surface area contributed by atoms with Crippen molar-refractivity contribution >= 4 is 20.2 Å². The maximum absolute atomic E-state index is 14.6. The number of ether oxygens (including phenoxy) is 2. The summed E-state index contributed by atoms with van der Waals surface area (Å²) in [5, 5.41) is 26.9. The molecule has 47 heavy (non-hydrogen) atoms. The maximum Gasteiger partial charge on any atom is 0.192 e. The SMILES string of the molecule is CCCC1O[C@@H]2C[C@H]3[C@@H]4CCC5=Cc6c(cnn6-c6ccc(O)cc6)C[C@]5(C)[C@H]4[C@@H](O)C[C@]3(C)[C@]2(C(=O)CO[Si](C)(C)C(C)(C)C)O1. The standard InChI is InChI=1S/C38H54N2O6Si/c1-9-10-33-45-32-18-28-27-16-11-24-17-29-23(21-39-40(29)25-12-14-26(41)15-13-25)19-36(24,5)34(27)30(42)20-37(28,6)38(32,46-33)31(43)22-44-47(7,8)35(2,3)4/h12-15,17,21,27-28,30,32-34,41-42H,9-11,16,18-20,22H2,1-8H3/t27-,28-,30-,32+,33?,34+,36-,37-,38+/m0/s1. The van der Waals surface area contributed by atoms with E-state index in [1.54, 1.807) is 12.1 Å². The second-order valence-corrected chi connectivity index (χ2v) is 22.0. The summed E-state index contributed by atoms with van der Waals surface area (Å²) in [5.74, 6) is 0.726. The van der Waals surface area contributed by atoms with Crippen LogP contribution in [0.3, 0.4) is 0 Å². The van der Waals surface area contributed by atoms with Crippen LogP contribution in [0.2, 0.25) is 18.1 Å². The van der Waals surface area contributed by atoms with Gasteiger partial charge in [-0.1, -0.05) is 53.5 Å². The number of aromatic hydroxyl groups is 1. The van der Waals surface area contributed by atoms with Crippen LogP contribution in [-0.2, 0) is 25.1 Å². The molecule has 1 aromatic heterocycles. The summed E-state index contributed by atoms with van der Waals surface area (Å²) in [4.78, 5) is 14.6.